The quantitative estimate of drug-likeness (QED) is 0.598. The van der Waals surface area contributed by atoms with Crippen LogP contribution in [0.25, 0.3) is 0 Å². The molecule has 1 heterocycles. The molecule has 0 aromatic heterocycles. The Morgan fingerprint density at radius 3 is 2.74 bits per heavy atom. The van der Waals surface area contributed by atoms with Crippen LogP contribution >= 0.6 is 11.6 Å². The number of sulfonamides is 1. The fraction of sp³-hybridized carbons (Fsp3) is 0.455. The predicted octanol–water partition coefficient (Wildman–Crippen LogP) is 3.71. The summed E-state index contributed by atoms with van der Waals surface area (Å²) in [6.45, 7) is 2.00. The number of hydrogen-bond acceptors (Lipinski definition) is 5. The van der Waals surface area contributed by atoms with Crippen LogP contribution in [0.15, 0.2) is 29.2 Å². The molecule has 4 rings (SSSR count). The maximum Gasteiger partial charge on any atom is 0.240 e. The highest BCUT2D eigenvalue weighted by molar-refractivity contribution is 7.89. The fourth-order valence-corrected chi connectivity index (χ4v) is 6.05. The Morgan fingerprint density at radius 2 is 2.03 bits per heavy atom. The second kappa shape index (κ2) is 8.94. The summed E-state index contributed by atoms with van der Waals surface area (Å²) < 4.78 is 51.9. The molecule has 31 heavy (non-hydrogen) atoms. The van der Waals surface area contributed by atoms with Gasteiger partial charge in [-0.2, -0.15) is 0 Å². The van der Waals surface area contributed by atoms with Crippen molar-refractivity contribution in [3.05, 3.63) is 51.8 Å². The molecule has 9 heteroatoms. The Bertz CT molecular complexity index is 1090. The van der Waals surface area contributed by atoms with E-state index in [0.717, 1.165) is 56.0 Å². The van der Waals surface area contributed by atoms with E-state index in [9.17, 15) is 12.8 Å². The summed E-state index contributed by atoms with van der Waals surface area (Å²) in [5, 5.41) is -0.209. The first kappa shape index (κ1) is 22.3. The highest BCUT2D eigenvalue weighted by atomic mass is 35.5. The van der Waals surface area contributed by atoms with Gasteiger partial charge in [-0.15, -0.1) is 0 Å². The predicted molar refractivity (Wildman–Crippen MR) is 117 cm³/mol. The summed E-state index contributed by atoms with van der Waals surface area (Å²) in [6, 6.07) is 5.82. The van der Waals surface area contributed by atoms with Crippen LogP contribution in [0.1, 0.15) is 35.6 Å². The lowest BCUT2D eigenvalue weighted by Crippen LogP contribution is -2.36. The minimum absolute atomic E-state index is 0.0349. The molecule has 2 aromatic carbocycles. The zero-order valence-electron chi connectivity index (χ0n) is 17.6. The molecule has 2 aromatic rings. The van der Waals surface area contributed by atoms with E-state index >= 15 is 0 Å². The lowest BCUT2D eigenvalue weighted by atomic mass is 9.92. The summed E-state index contributed by atoms with van der Waals surface area (Å²) >= 11 is 5.71. The van der Waals surface area contributed by atoms with Crippen LogP contribution in [0.2, 0.25) is 5.02 Å². The molecular formula is C22H26ClFN2O4S. The number of benzene rings is 2. The van der Waals surface area contributed by atoms with Gasteiger partial charge in [0.05, 0.1) is 24.1 Å². The zero-order chi connectivity index (χ0) is 22.2. The smallest absolute Gasteiger partial charge is 0.240 e. The third-order valence-corrected chi connectivity index (χ3v) is 7.87. The van der Waals surface area contributed by atoms with E-state index in [1.54, 1.807) is 14.2 Å². The SMILES string of the molecule is COc1cc2c3c(c1OC)CCC3N(CCCNS(=O)(=O)c1ccc(F)c(Cl)c1)CC2. The molecule has 0 saturated carbocycles. The molecule has 168 valence electrons. The van der Waals surface area contributed by atoms with E-state index in [4.69, 9.17) is 21.1 Å². The Labute approximate surface area is 187 Å². The lowest BCUT2D eigenvalue weighted by molar-refractivity contribution is 0.184. The van der Waals surface area contributed by atoms with Gasteiger partial charge >= 0.3 is 0 Å². The normalized spacial score (nSPS) is 18.1. The Kier molecular flexibility index (Phi) is 6.44. The van der Waals surface area contributed by atoms with Gasteiger partial charge in [0.25, 0.3) is 0 Å². The van der Waals surface area contributed by atoms with Crippen LogP contribution in [-0.2, 0) is 22.9 Å². The van der Waals surface area contributed by atoms with E-state index < -0.39 is 15.8 Å². The third-order valence-electron chi connectivity index (χ3n) is 6.12. The van der Waals surface area contributed by atoms with E-state index in [1.165, 1.54) is 22.8 Å². The molecule has 0 bridgehead atoms. The summed E-state index contributed by atoms with van der Waals surface area (Å²) in [4.78, 5) is 2.39. The van der Waals surface area contributed by atoms with Crippen LogP contribution in [-0.4, -0.2) is 47.2 Å². The van der Waals surface area contributed by atoms with Gasteiger partial charge in [0.1, 0.15) is 5.82 Å². The number of hydrogen-bond donors (Lipinski definition) is 1. The maximum atomic E-state index is 13.3. The molecule has 0 saturated heterocycles. The molecule has 0 fully saturated rings. The fourth-order valence-electron chi connectivity index (χ4n) is 4.71. The average molecular weight is 469 g/mol. The molecule has 1 aliphatic carbocycles. The number of rotatable bonds is 8. The van der Waals surface area contributed by atoms with Crippen LogP contribution in [0.3, 0.4) is 0 Å². The largest absolute Gasteiger partial charge is 0.493 e. The Balaban J connectivity index is 1.39. The molecule has 6 nitrogen and oxygen atoms in total. The first-order valence-electron chi connectivity index (χ1n) is 10.3. The molecule has 1 N–H and O–H groups in total. The molecule has 2 aliphatic rings. The highest BCUT2D eigenvalue weighted by Gasteiger charge is 2.36. The number of methoxy groups -OCH3 is 2. The molecule has 0 radical (unpaired) electrons. The molecular weight excluding hydrogens is 443 g/mol. The number of nitrogens with zero attached hydrogens (tertiary/aromatic N) is 1. The van der Waals surface area contributed by atoms with Crippen molar-refractivity contribution in [1.82, 2.24) is 9.62 Å². The second-order valence-electron chi connectivity index (χ2n) is 7.83. The number of ether oxygens (including phenoxy) is 2. The van der Waals surface area contributed by atoms with Crippen molar-refractivity contribution in [2.24, 2.45) is 0 Å². The molecule has 1 aliphatic heterocycles. The first-order valence-corrected chi connectivity index (χ1v) is 12.2. The Hall–Kier alpha value is -1.87. The molecule has 1 atom stereocenters. The van der Waals surface area contributed by atoms with Crippen molar-refractivity contribution in [2.45, 2.75) is 36.6 Å². The minimum Gasteiger partial charge on any atom is -0.493 e. The minimum atomic E-state index is -3.73. The second-order valence-corrected chi connectivity index (χ2v) is 10.0. The average Bonchev–Trinajstić information content (AvgIpc) is 3.20. The molecule has 0 amide bonds. The summed E-state index contributed by atoms with van der Waals surface area (Å²) in [5.74, 6) is 0.980. The topological polar surface area (TPSA) is 67.9 Å². The van der Waals surface area contributed by atoms with Crippen molar-refractivity contribution in [1.29, 1.82) is 0 Å². The first-order chi connectivity index (χ1) is 14.9. The summed E-state index contributed by atoms with van der Waals surface area (Å²) in [7, 11) is -0.385. The maximum absolute atomic E-state index is 13.3. The van der Waals surface area contributed by atoms with Crippen LogP contribution in [0.4, 0.5) is 4.39 Å². The van der Waals surface area contributed by atoms with Crippen LogP contribution in [0.5, 0.6) is 11.5 Å². The van der Waals surface area contributed by atoms with Crippen molar-refractivity contribution in [3.63, 3.8) is 0 Å². The van der Waals surface area contributed by atoms with E-state index in [2.05, 4.69) is 15.7 Å². The molecule has 0 spiro atoms. The van der Waals surface area contributed by atoms with Gasteiger partial charge in [0.15, 0.2) is 11.5 Å². The van der Waals surface area contributed by atoms with Crippen molar-refractivity contribution < 1.29 is 22.3 Å². The van der Waals surface area contributed by atoms with Crippen LogP contribution < -0.4 is 14.2 Å². The van der Waals surface area contributed by atoms with Crippen LogP contribution in [0, 0.1) is 5.82 Å². The van der Waals surface area contributed by atoms with Crippen molar-refractivity contribution in [2.75, 3.05) is 33.9 Å². The monoisotopic (exact) mass is 468 g/mol. The van der Waals surface area contributed by atoms with Gasteiger partial charge in [0, 0.05) is 31.2 Å². The van der Waals surface area contributed by atoms with Gasteiger partial charge < -0.3 is 9.47 Å². The van der Waals surface area contributed by atoms with E-state index in [-0.39, 0.29) is 9.92 Å². The summed E-state index contributed by atoms with van der Waals surface area (Å²) in [6.07, 6.45) is 3.56. The standard InChI is InChI=1S/C22H26ClFN2O4S/c1-29-20-12-14-8-11-26(19-7-5-16(21(14)19)22(20)30-2)10-3-9-25-31(27,28)15-4-6-18(24)17(23)13-15/h4,6,12-13,19,25H,3,5,7-11H2,1-2H3. The summed E-state index contributed by atoms with van der Waals surface area (Å²) in [5.41, 5.74) is 3.91. The zero-order valence-corrected chi connectivity index (χ0v) is 19.2. The lowest BCUT2D eigenvalue weighted by Gasteiger charge is -2.35. The van der Waals surface area contributed by atoms with Gasteiger partial charge in [-0.25, -0.2) is 17.5 Å². The van der Waals surface area contributed by atoms with Gasteiger partial charge in [-0.1, -0.05) is 11.6 Å². The number of nitrogens with one attached hydrogen (secondary N) is 1. The number of halogens is 2. The third kappa shape index (κ3) is 4.26. The van der Waals surface area contributed by atoms with E-state index in [0.29, 0.717) is 19.0 Å². The van der Waals surface area contributed by atoms with Crippen molar-refractivity contribution >= 4 is 21.6 Å². The Morgan fingerprint density at radius 1 is 1.23 bits per heavy atom. The van der Waals surface area contributed by atoms with Gasteiger partial charge in [-0.3, -0.25) is 4.90 Å². The van der Waals surface area contributed by atoms with Gasteiger partial charge in [-0.05, 0) is 61.1 Å². The van der Waals surface area contributed by atoms with Crippen molar-refractivity contribution in [3.8, 4) is 11.5 Å². The van der Waals surface area contributed by atoms with Gasteiger partial charge in [0.2, 0.25) is 10.0 Å². The van der Waals surface area contributed by atoms with E-state index in [1.807, 2.05) is 0 Å². The molecule has 1 unspecified atom stereocenters. The highest BCUT2D eigenvalue weighted by Crippen LogP contribution is 2.48.